The highest BCUT2D eigenvalue weighted by molar-refractivity contribution is 7.15. The molecule has 3 rings (SSSR count). The van der Waals surface area contributed by atoms with Crippen LogP contribution in [0.4, 0.5) is 0 Å². The van der Waals surface area contributed by atoms with Crippen LogP contribution >= 0.6 is 11.3 Å². The van der Waals surface area contributed by atoms with Crippen molar-refractivity contribution in [2.24, 2.45) is 0 Å². The second kappa shape index (κ2) is 7.16. The van der Waals surface area contributed by atoms with Crippen molar-refractivity contribution in [3.05, 3.63) is 41.0 Å². The number of thiazole rings is 1. The third-order valence-electron chi connectivity index (χ3n) is 3.80. The van der Waals surface area contributed by atoms with Gasteiger partial charge in [-0.1, -0.05) is 30.3 Å². The molecule has 1 aromatic carbocycles. The third-order valence-corrected chi connectivity index (χ3v) is 4.97. The average molecular weight is 302 g/mol. The molecule has 1 aliphatic rings. The summed E-state index contributed by atoms with van der Waals surface area (Å²) in [5.74, 6) is 0. The van der Waals surface area contributed by atoms with E-state index in [0.717, 1.165) is 25.3 Å². The molecule has 1 N–H and O–H groups in total. The molecule has 0 radical (unpaired) electrons. The van der Waals surface area contributed by atoms with Gasteiger partial charge in [-0.2, -0.15) is 0 Å². The first-order chi connectivity index (χ1) is 10.4. The summed E-state index contributed by atoms with van der Waals surface area (Å²) in [7, 11) is 1.97. The molecule has 2 aromatic rings. The Hall–Kier alpha value is -1.23. The summed E-state index contributed by atoms with van der Waals surface area (Å²) in [5.41, 5.74) is 2.41. The fourth-order valence-corrected chi connectivity index (χ4v) is 3.90. The normalized spacial score (nSPS) is 18.8. The van der Waals surface area contributed by atoms with Crippen molar-refractivity contribution in [2.75, 3.05) is 13.7 Å². The van der Waals surface area contributed by atoms with Crippen LogP contribution in [0.25, 0.3) is 10.4 Å². The SMILES string of the molecule is CNCc1nc(CC2CCCCO2)sc1-c1ccccc1. The first-order valence-electron chi connectivity index (χ1n) is 7.67. The number of rotatable bonds is 5. The van der Waals surface area contributed by atoms with Gasteiger partial charge in [0, 0.05) is 19.6 Å². The van der Waals surface area contributed by atoms with Gasteiger partial charge in [0.1, 0.15) is 0 Å². The zero-order valence-electron chi connectivity index (χ0n) is 12.5. The molecule has 1 saturated heterocycles. The second-order valence-electron chi connectivity index (χ2n) is 5.47. The van der Waals surface area contributed by atoms with E-state index in [2.05, 4.69) is 35.6 Å². The highest BCUT2D eigenvalue weighted by Crippen LogP contribution is 2.31. The molecule has 1 atom stereocenters. The van der Waals surface area contributed by atoms with E-state index in [9.17, 15) is 0 Å². The van der Waals surface area contributed by atoms with Crippen LogP contribution < -0.4 is 5.32 Å². The Balaban J connectivity index is 1.82. The Morgan fingerprint density at radius 2 is 2.14 bits per heavy atom. The molecule has 0 spiro atoms. The molecule has 0 saturated carbocycles. The third kappa shape index (κ3) is 3.70. The molecule has 1 unspecified atom stereocenters. The minimum absolute atomic E-state index is 0.357. The quantitative estimate of drug-likeness (QED) is 0.915. The van der Waals surface area contributed by atoms with Gasteiger partial charge in [0.05, 0.1) is 21.7 Å². The molecular formula is C17H22N2OS. The Kier molecular flexibility index (Phi) is 5.01. The van der Waals surface area contributed by atoms with Gasteiger partial charge in [-0.3, -0.25) is 0 Å². The molecule has 1 aromatic heterocycles. The van der Waals surface area contributed by atoms with Crippen LogP contribution in [0.3, 0.4) is 0 Å². The fraction of sp³-hybridized carbons (Fsp3) is 0.471. The van der Waals surface area contributed by atoms with Gasteiger partial charge in [-0.15, -0.1) is 11.3 Å². The largest absolute Gasteiger partial charge is 0.378 e. The lowest BCUT2D eigenvalue weighted by Gasteiger charge is -2.21. The van der Waals surface area contributed by atoms with Gasteiger partial charge < -0.3 is 10.1 Å². The Labute approximate surface area is 130 Å². The van der Waals surface area contributed by atoms with Gasteiger partial charge in [0.15, 0.2) is 0 Å². The van der Waals surface area contributed by atoms with Crippen LogP contribution in [0.1, 0.15) is 30.0 Å². The van der Waals surface area contributed by atoms with Gasteiger partial charge in [0.25, 0.3) is 0 Å². The molecule has 0 bridgehead atoms. The summed E-state index contributed by atoms with van der Waals surface area (Å²) in [4.78, 5) is 6.13. The zero-order valence-corrected chi connectivity index (χ0v) is 13.3. The minimum atomic E-state index is 0.357. The summed E-state index contributed by atoms with van der Waals surface area (Å²) in [6, 6.07) is 10.5. The van der Waals surface area contributed by atoms with Crippen molar-refractivity contribution < 1.29 is 4.74 Å². The topological polar surface area (TPSA) is 34.2 Å². The van der Waals surface area contributed by atoms with E-state index in [0.29, 0.717) is 6.10 Å². The maximum absolute atomic E-state index is 5.85. The highest BCUT2D eigenvalue weighted by Gasteiger charge is 2.18. The zero-order chi connectivity index (χ0) is 14.5. The lowest BCUT2D eigenvalue weighted by Crippen LogP contribution is -2.21. The van der Waals surface area contributed by atoms with Crippen LogP contribution in [0.5, 0.6) is 0 Å². The molecule has 1 aliphatic heterocycles. The van der Waals surface area contributed by atoms with Crippen LogP contribution in [0.15, 0.2) is 30.3 Å². The number of nitrogens with one attached hydrogen (secondary N) is 1. The van der Waals surface area contributed by atoms with Crippen molar-refractivity contribution >= 4 is 11.3 Å². The van der Waals surface area contributed by atoms with Crippen LogP contribution in [0, 0.1) is 0 Å². The van der Waals surface area contributed by atoms with E-state index < -0.39 is 0 Å². The Bertz CT molecular complexity index is 561. The van der Waals surface area contributed by atoms with E-state index >= 15 is 0 Å². The summed E-state index contributed by atoms with van der Waals surface area (Å²) in [6.07, 6.45) is 4.96. The highest BCUT2D eigenvalue weighted by atomic mass is 32.1. The van der Waals surface area contributed by atoms with Crippen LogP contribution in [-0.4, -0.2) is 24.7 Å². The first kappa shape index (κ1) is 14.7. The average Bonchev–Trinajstić information content (AvgIpc) is 2.92. The first-order valence-corrected chi connectivity index (χ1v) is 8.48. The van der Waals surface area contributed by atoms with Crippen LogP contribution in [-0.2, 0) is 17.7 Å². The molecular weight excluding hydrogens is 280 g/mol. The van der Waals surface area contributed by atoms with Crippen molar-refractivity contribution in [1.29, 1.82) is 0 Å². The monoisotopic (exact) mass is 302 g/mol. The van der Waals surface area contributed by atoms with E-state index in [1.807, 2.05) is 18.4 Å². The van der Waals surface area contributed by atoms with Crippen molar-refractivity contribution in [2.45, 2.75) is 38.3 Å². The predicted octanol–water partition coefficient (Wildman–Crippen LogP) is 3.64. The number of aromatic nitrogens is 1. The van der Waals surface area contributed by atoms with Gasteiger partial charge in [-0.25, -0.2) is 4.98 Å². The molecule has 0 amide bonds. The molecule has 112 valence electrons. The standard InChI is InChI=1S/C17H22N2OS/c1-18-12-15-17(13-7-3-2-4-8-13)21-16(19-15)11-14-9-5-6-10-20-14/h2-4,7-8,14,18H,5-6,9-12H2,1H3. The number of nitrogens with zero attached hydrogens (tertiary/aromatic N) is 1. The van der Waals surface area contributed by atoms with Crippen molar-refractivity contribution in [3.63, 3.8) is 0 Å². The smallest absolute Gasteiger partial charge is 0.0961 e. The summed E-state index contributed by atoms with van der Waals surface area (Å²) in [5, 5.41) is 4.42. The number of hydrogen-bond donors (Lipinski definition) is 1. The summed E-state index contributed by atoms with van der Waals surface area (Å²) < 4.78 is 5.85. The Morgan fingerprint density at radius 3 is 2.86 bits per heavy atom. The number of ether oxygens (including phenoxy) is 1. The lowest BCUT2D eigenvalue weighted by molar-refractivity contribution is 0.0167. The van der Waals surface area contributed by atoms with E-state index in [-0.39, 0.29) is 0 Å². The van der Waals surface area contributed by atoms with Crippen LogP contribution in [0.2, 0.25) is 0 Å². The molecule has 4 heteroatoms. The summed E-state index contributed by atoms with van der Waals surface area (Å²) in [6.45, 7) is 1.72. The minimum Gasteiger partial charge on any atom is -0.378 e. The maximum Gasteiger partial charge on any atom is 0.0961 e. The molecule has 1 fully saturated rings. The lowest BCUT2D eigenvalue weighted by atomic mass is 10.1. The molecule has 2 heterocycles. The van der Waals surface area contributed by atoms with Gasteiger partial charge in [-0.05, 0) is 31.9 Å². The summed E-state index contributed by atoms with van der Waals surface area (Å²) >= 11 is 1.82. The second-order valence-corrected chi connectivity index (χ2v) is 6.56. The predicted molar refractivity (Wildman–Crippen MR) is 87.6 cm³/mol. The van der Waals surface area contributed by atoms with E-state index in [4.69, 9.17) is 9.72 Å². The molecule has 3 nitrogen and oxygen atoms in total. The molecule has 21 heavy (non-hydrogen) atoms. The van der Waals surface area contributed by atoms with E-state index in [1.165, 1.54) is 34.7 Å². The van der Waals surface area contributed by atoms with Gasteiger partial charge in [0.2, 0.25) is 0 Å². The fourth-order valence-electron chi connectivity index (χ4n) is 2.75. The van der Waals surface area contributed by atoms with E-state index in [1.54, 1.807) is 0 Å². The van der Waals surface area contributed by atoms with Crippen molar-refractivity contribution in [3.8, 4) is 10.4 Å². The maximum atomic E-state index is 5.85. The number of benzene rings is 1. The Morgan fingerprint density at radius 1 is 1.29 bits per heavy atom. The molecule has 0 aliphatic carbocycles. The number of hydrogen-bond acceptors (Lipinski definition) is 4. The van der Waals surface area contributed by atoms with Crippen molar-refractivity contribution in [1.82, 2.24) is 10.3 Å². The van der Waals surface area contributed by atoms with Gasteiger partial charge >= 0.3 is 0 Å².